The molecule has 0 radical (unpaired) electrons. The first-order valence-corrected chi connectivity index (χ1v) is 12.4. The van der Waals surface area contributed by atoms with Crippen molar-refractivity contribution in [3.63, 3.8) is 0 Å². The highest BCUT2D eigenvalue weighted by Crippen LogP contribution is 2.51. The topological polar surface area (TPSA) is 9.23 Å². The van der Waals surface area contributed by atoms with Crippen molar-refractivity contribution >= 4 is 0 Å². The second kappa shape index (κ2) is 10.7. The minimum absolute atomic E-state index is 0.446. The van der Waals surface area contributed by atoms with E-state index in [0.717, 1.165) is 17.6 Å². The maximum atomic E-state index is 5.74. The molecule has 1 aromatic rings. The molecule has 0 amide bonds. The maximum Gasteiger partial charge on any atom is 0.122 e. The predicted octanol–water partition coefficient (Wildman–Crippen LogP) is 8.24. The van der Waals surface area contributed by atoms with Gasteiger partial charge in [-0.3, -0.25) is 0 Å². The number of aryl methyl sites for hydroxylation is 1. The minimum Gasteiger partial charge on any atom is -0.496 e. The number of hydrogen-bond donors (Lipinski definition) is 0. The van der Waals surface area contributed by atoms with Crippen molar-refractivity contribution in [1.29, 1.82) is 0 Å². The monoisotopic (exact) mass is 384 g/mol. The second-order valence-electron chi connectivity index (χ2n) is 9.71. The molecular formula is C27H44O. The van der Waals surface area contributed by atoms with E-state index in [2.05, 4.69) is 32.0 Å². The van der Waals surface area contributed by atoms with Crippen molar-refractivity contribution in [3.05, 3.63) is 29.3 Å². The molecule has 1 aromatic carbocycles. The predicted molar refractivity (Wildman–Crippen MR) is 121 cm³/mol. The SMILES string of the molecule is CCCCCc1cc(C2(C3CCC(CCC)CC3)CCCCC2)ccc1OC. The fraction of sp³-hybridized carbons (Fsp3) is 0.778. The van der Waals surface area contributed by atoms with Crippen LogP contribution in [0.3, 0.4) is 0 Å². The molecule has 0 N–H and O–H groups in total. The summed E-state index contributed by atoms with van der Waals surface area (Å²) >= 11 is 0. The summed E-state index contributed by atoms with van der Waals surface area (Å²) in [5.41, 5.74) is 3.55. The Kier molecular flexibility index (Phi) is 8.30. The van der Waals surface area contributed by atoms with E-state index in [9.17, 15) is 0 Å². The van der Waals surface area contributed by atoms with Gasteiger partial charge in [-0.15, -0.1) is 0 Å². The van der Waals surface area contributed by atoms with Gasteiger partial charge in [-0.05, 0) is 73.0 Å². The van der Waals surface area contributed by atoms with Gasteiger partial charge in [-0.1, -0.05) is 83.8 Å². The first-order chi connectivity index (χ1) is 13.7. The smallest absolute Gasteiger partial charge is 0.122 e. The number of ether oxygens (including phenoxy) is 1. The normalized spacial score (nSPS) is 24.8. The molecule has 2 fully saturated rings. The van der Waals surface area contributed by atoms with Crippen molar-refractivity contribution in [2.75, 3.05) is 7.11 Å². The summed E-state index contributed by atoms with van der Waals surface area (Å²) in [5, 5.41) is 0. The number of rotatable bonds is 9. The van der Waals surface area contributed by atoms with Gasteiger partial charge >= 0.3 is 0 Å². The zero-order valence-corrected chi connectivity index (χ0v) is 18.9. The third-order valence-electron chi connectivity index (χ3n) is 7.98. The molecule has 3 rings (SSSR count). The summed E-state index contributed by atoms with van der Waals surface area (Å²) < 4.78 is 5.74. The first-order valence-electron chi connectivity index (χ1n) is 12.4. The van der Waals surface area contributed by atoms with E-state index in [0.29, 0.717) is 5.41 Å². The van der Waals surface area contributed by atoms with E-state index in [4.69, 9.17) is 4.74 Å². The van der Waals surface area contributed by atoms with Crippen LogP contribution in [-0.4, -0.2) is 7.11 Å². The van der Waals surface area contributed by atoms with Crippen LogP contribution in [-0.2, 0) is 11.8 Å². The number of unbranched alkanes of at least 4 members (excludes halogenated alkanes) is 2. The van der Waals surface area contributed by atoms with Crippen molar-refractivity contribution in [1.82, 2.24) is 0 Å². The number of methoxy groups -OCH3 is 1. The number of benzene rings is 1. The lowest BCUT2D eigenvalue weighted by Gasteiger charge is -2.47. The number of hydrogen-bond acceptors (Lipinski definition) is 1. The van der Waals surface area contributed by atoms with Crippen LogP contribution in [0.5, 0.6) is 5.75 Å². The Morgan fingerprint density at radius 2 is 1.68 bits per heavy atom. The van der Waals surface area contributed by atoms with Gasteiger partial charge in [0.05, 0.1) is 7.11 Å². The van der Waals surface area contributed by atoms with E-state index >= 15 is 0 Å². The molecular weight excluding hydrogens is 340 g/mol. The molecule has 0 aliphatic heterocycles. The van der Waals surface area contributed by atoms with Crippen LogP contribution in [0.25, 0.3) is 0 Å². The maximum absolute atomic E-state index is 5.74. The van der Waals surface area contributed by atoms with E-state index in [1.807, 2.05) is 7.11 Å². The van der Waals surface area contributed by atoms with Gasteiger partial charge in [-0.2, -0.15) is 0 Å². The highest BCUT2D eigenvalue weighted by Gasteiger charge is 2.42. The standard InChI is InChI=1S/C27H44O/c1-4-6-8-12-23-21-25(17-18-26(23)28-3)27(19-9-7-10-20-27)24-15-13-22(11-5-2)14-16-24/h17-18,21-22,24H,4-16,19-20H2,1-3H3. The van der Waals surface area contributed by atoms with Gasteiger partial charge < -0.3 is 4.74 Å². The Bertz CT molecular complexity index is 576. The molecule has 1 nitrogen and oxygen atoms in total. The van der Waals surface area contributed by atoms with Crippen LogP contribution >= 0.6 is 0 Å². The van der Waals surface area contributed by atoms with E-state index in [1.54, 1.807) is 5.56 Å². The lowest BCUT2D eigenvalue weighted by molar-refractivity contribution is 0.125. The van der Waals surface area contributed by atoms with Gasteiger partial charge in [0, 0.05) is 0 Å². The molecule has 28 heavy (non-hydrogen) atoms. The van der Waals surface area contributed by atoms with Crippen molar-refractivity contribution in [3.8, 4) is 5.75 Å². The molecule has 0 spiro atoms. The average molecular weight is 385 g/mol. The van der Waals surface area contributed by atoms with Crippen LogP contribution in [0.2, 0.25) is 0 Å². The molecule has 158 valence electrons. The molecule has 2 aliphatic rings. The molecule has 0 saturated heterocycles. The first kappa shape index (κ1) is 21.7. The minimum atomic E-state index is 0.446. The Labute approximate surface area is 174 Å². The van der Waals surface area contributed by atoms with Gasteiger partial charge in [-0.25, -0.2) is 0 Å². The second-order valence-corrected chi connectivity index (χ2v) is 9.71. The lowest BCUT2D eigenvalue weighted by atomic mass is 9.57. The van der Waals surface area contributed by atoms with E-state index in [-0.39, 0.29) is 0 Å². The lowest BCUT2D eigenvalue weighted by Crippen LogP contribution is -2.39. The van der Waals surface area contributed by atoms with Gasteiger partial charge in [0.1, 0.15) is 5.75 Å². The largest absolute Gasteiger partial charge is 0.496 e. The van der Waals surface area contributed by atoms with Gasteiger partial charge in [0.15, 0.2) is 0 Å². The fourth-order valence-corrected chi connectivity index (χ4v) is 6.38. The van der Waals surface area contributed by atoms with Crippen LogP contribution in [0, 0.1) is 11.8 Å². The molecule has 0 heterocycles. The third kappa shape index (κ3) is 4.95. The quantitative estimate of drug-likeness (QED) is 0.389. The molecule has 2 saturated carbocycles. The van der Waals surface area contributed by atoms with Crippen molar-refractivity contribution in [2.24, 2.45) is 11.8 Å². The van der Waals surface area contributed by atoms with Crippen LogP contribution in [0.15, 0.2) is 18.2 Å². The molecule has 2 aliphatic carbocycles. The van der Waals surface area contributed by atoms with Gasteiger partial charge in [0.2, 0.25) is 0 Å². The summed E-state index contributed by atoms with van der Waals surface area (Å²) in [6, 6.07) is 7.29. The zero-order valence-electron chi connectivity index (χ0n) is 18.9. The highest BCUT2D eigenvalue weighted by atomic mass is 16.5. The summed E-state index contributed by atoms with van der Waals surface area (Å²) in [6.45, 7) is 4.64. The summed E-state index contributed by atoms with van der Waals surface area (Å²) in [7, 11) is 1.84. The van der Waals surface area contributed by atoms with Gasteiger partial charge in [0.25, 0.3) is 0 Å². The van der Waals surface area contributed by atoms with E-state index < -0.39 is 0 Å². The molecule has 0 unspecified atom stereocenters. The summed E-state index contributed by atoms with van der Waals surface area (Å²) in [4.78, 5) is 0. The zero-order chi connectivity index (χ0) is 19.8. The third-order valence-corrected chi connectivity index (χ3v) is 7.98. The van der Waals surface area contributed by atoms with Crippen LogP contribution in [0.1, 0.15) is 115 Å². The summed E-state index contributed by atoms with van der Waals surface area (Å²) in [6.07, 6.45) is 20.8. The summed E-state index contributed by atoms with van der Waals surface area (Å²) in [5.74, 6) is 3.01. The Morgan fingerprint density at radius 3 is 2.32 bits per heavy atom. The van der Waals surface area contributed by atoms with Crippen LogP contribution in [0.4, 0.5) is 0 Å². The van der Waals surface area contributed by atoms with E-state index in [1.165, 1.54) is 102 Å². The van der Waals surface area contributed by atoms with Crippen molar-refractivity contribution < 1.29 is 4.74 Å². The van der Waals surface area contributed by atoms with Crippen LogP contribution < -0.4 is 4.74 Å². The molecule has 0 aromatic heterocycles. The van der Waals surface area contributed by atoms with Crippen molar-refractivity contribution in [2.45, 2.75) is 116 Å². The molecule has 0 atom stereocenters. The molecule has 0 bridgehead atoms. The highest BCUT2D eigenvalue weighted by molar-refractivity contribution is 5.41. The Hall–Kier alpha value is -0.980. The average Bonchev–Trinajstić information content (AvgIpc) is 2.75. The Morgan fingerprint density at radius 1 is 0.929 bits per heavy atom. The molecule has 1 heteroatoms. The Balaban J connectivity index is 1.84. The fourth-order valence-electron chi connectivity index (χ4n) is 6.38.